The molecule has 0 saturated heterocycles. The molecule has 1 atom stereocenters. The van der Waals surface area contributed by atoms with Crippen molar-refractivity contribution in [2.75, 3.05) is 12.9 Å². The third kappa shape index (κ3) is 5.02. The summed E-state index contributed by atoms with van der Waals surface area (Å²) in [4.78, 5) is 0. The lowest BCUT2D eigenvalue weighted by Crippen LogP contribution is -2.18. The molecule has 0 heterocycles. The molecule has 0 aromatic heterocycles. The van der Waals surface area contributed by atoms with Gasteiger partial charge in [0.25, 0.3) is 0 Å². The average Bonchev–Trinajstić information content (AvgIpc) is 1.81. The summed E-state index contributed by atoms with van der Waals surface area (Å²) in [5.41, 5.74) is 0. The van der Waals surface area contributed by atoms with Gasteiger partial charge in [0.1, 0.15) is 0 Å². The molecule has 0 aliphatic rings. The Balaban J connectivity index is 3.87. The van der Waals surface area contributed by atoms with Gasteiger partial charge in [-0.2, -0.15) is 0 Å². The van der Waals surface area contributed by atoms with E-state index in [1.165, 1.54) is 7.11 Å². The summed E-state index contributed by atoms with van der Waals surface area (Å²) in [5, 5.41) is 0. The number of hydrogen-bond acceptors (Lipinski definition) is 3. The van der Waals surface area contributed by atoms with Crippen molar-refractivity contribution in [2.45, 2.75) is 19.4 Å². The Morgan fingerprint density at radius 3 is 2.20 bits per heavy atom. The Morgan fingerprint density at radius 2 is 2.10 bits per heavy atom. The maximum atomic E-state index is 10.4. The van der Waals surface area contributed by atoms with Crippen molar-refractivity contribution in [1.82, 2.24) is 0 Å². The summed E-state index contributed by atoms with van der Waals surface area (Å²) >= 11 is 0. The number of ether oxygens (including phenoxy) is 1. The van der Waals surface area contributed by atoms with Crippen LogP contribution >= 0.6 is 10.7 Å². The highest BCUT2D eigenvalue weighted by molar-refractivity contribution is 8.13. The second-order valence-corrected chi connectivity index (χ2v) is 4.79. The van der Waals surface area contributed by atoms with E-state index < -0.39 is 9.05 Å². The Morgan fingerprint density at radius 1 is 1.60 bits per heavy atom. The summed E-state index contributed by atoms with van der Waals surface area (Å²) < 4.78 is 25.7. The molecular formula is C5H11ClO3S. The van der Waals surface area contributed by atoms with Gasteiger partial charge in [0.05, 0.1) is 11.9 Å². The SMILES string of the molecule is CC[C@H](CS(=O)(=O)Cl)OC. The van der Waals surface area contributed by atoms with Crippen molar-refractivity contribution in [2.24, 2.45) is 0 Å². The molecule has 0 N–H and O–H groups in total. The van der Waals surface area contributed by atoms with Crippen LogP contribution in [0.25, 0.3) is 0 Å². The quantitative estimate of drug-likeness (QED) is 0.615. The van der Waals surface area contributed by atoms with Gasteiger partial charge >= 0.3 is 0 Å². The molecule has 0 radical (unpaired) electrons. The largest absolute Gasteiger partial charge is 0.380 e. The minimum atomic E-state index is -3.40. The van der Waals surface area contributed by atoms with Gasteiger partial charge in [-0.3, -0.25) is 0 Å². The van der Waals surface area contributed by atoms with Crippen LogP contribution in [0.4, 0.5) is 0 Å². The Labute approximate surface area is 65.7 Å². The average molecular weight is 187 g/mol. The molecular weight excluding hydrogens is 176 g/mol. The summed E-state index contributed by atoms with van der Waals surface area (Å²) in [6, 6.07) is 0. The van der Waals surface area contributed by atoms with E-state index >= 15 is 0 Å². The van der Waals surface area contributed by atoms with E-state index in [0.29, 0.717) is 6.42 Å². The van der Waals surface area contributed by atoms with Crippen LogP contribution in [0, 0.1) is 0 Å². The Kier molecular flexibility index (Phi) is 4.24. The maximum Gasteiger partial charge on any atom is 0.235 e. The topological polar surface area (TPSA) is 43.4 Å². The highest BCUT2D eigenvalue weighted by atomic mass is 35.7. The minimum Gasteiger partial charge on any atom is -0.380 e. The lowest BCUT2D eigenvalue weighted by Gasteiger charge is -2.08. The number of methoxy groups -OCH3 is 1. The van der Waals surface area contributed by atoms with Crippen LogP contribution in [-0.4, -0.2) is 27.4 Å². The first-order chi connectivity index (χ1) is 4.49. The first-order valence-corrected chi connectivity index (χ1v) is 5.42. The molecule has 0 aromatic rings. The molecule has 5 heteroatoms. The maximum absolute atomic E-state index is 10.4. The first-order valence-electron chi connectivity index (χ1n) is 2.94. The predicted octanol–water partition coefficient (Wildman–Crippen LogP) is 0.980. The van der Waals surface area contributed by atoms with Crippen LogP contribution < -0.4 is 0 Å². The molecule has 10 heavy (non-hydrogen) atoms. The van der Waals surface area contributed by atoms with Gasteiger partial charge in [-0.25, -0.2) is 8.42 Å². The summed E-state index contributed by atoms with van der Waals surface area (Å²) in [6.45, 7) is 1.84. The number of hydrogen-bond donors (Lipinski definition) is 0. The van der Waals surface area contributed by atoms with Crippen molar-refractivity contribution in [3.05, 3.63) is 0 Å². The van der Waals surface area contributed by atoms with Crippen molar-refractivity contribution in [1.29, 1.82) is 0 Å². The summed E-state index contributed by atoms with van der Waals surface area (Å²) in [7, 11) is 3.05. The van der Waals surface area contributed by atoms with Gasteiger partial charge < -0.3 is 4.74 Å². The fraction of sp³-hybridized carbons (Fsp3) is 1.00. The van der Waals surface area contributed by atoms with E-state index in [0.717, 1.165) is 0 Å². The monoisotopic (exact) mass is 186 g/mol. The molecule has 3 nitrogen and oxygen atoms in total. The van der Waals surface area contributed by atoms with Gasteiger partial charge in [-0.1, -0.05) is 6.92 Å². The van der Waals surface area contributed by atoms with Gasteiger partial charge in [0, 0.05) is 17.8 Å². The Bertz CT molecular complexity index is 171. The highest BCUT2D eigenvalue weighted by Gasteiger charge is 2.13. The second kappa shape index (κ2) is 4.16. The molecule has 0 spiro atoms. The lowest BCUT2D eigenvalue weighted by molar-refractivity contribution is 0.118. The first kappa shape index (κ1) is 10.2. The van der Waals surface area contributed by atoms with Crippen molar-refractivity contribution in [3.8, 4) is 0 Å². The molecule has 0 aliphatic heterocycles. The number of rotatable bonds is 4. The van der Waals surface area contributed by atoms with Crippen molar-refractivity contribution in [3.63, 3.8) is 0 Å². The molecule has 0 aromatic carbocycles. The molecule has 0 unspecified atom stereocenters. The zero-order chi connectivity index (χ0) is 8.20. The van der Waals surface area contributed by atoms with Crippen LogP contribution in [0.2, 0.25) is 0 Å². The van der Waals surface area contributed by atoms with Gasteiger partial charge in [0.15, 0.2) is 0 Å². The van der Waals surface area contributed by atoms with Crippen LogP contribution in [0.1, 0.15) is 13.3 Å². The minimum absolute atomic E-state index is 0.110. The van der Waals surface area contributed by atoms with Crippen LogP contribution in [0.5, 0.6) is 0 Å². The normalized spacial score (nSPS) is 15.1. The summed E-state index contributed by atoms with van der Waals surface area (Å²) in [6.07, 6.45) is 0.380. The number of halogens is 1. The zero-order valence-corrected chi connectivity index (χ0v) is 7.57. The smallest absolute Gasteiger partial charge is 0.235 e. The van der Waals surface area contributed by atoms with E-state index in [2.05, 4.69) is 0 Å². The van der Waals surface area contributed by atoms with E-state index in [1.54, 1.807) is 0 Å². The molecule has 62 valence electrons. The van der Waals surface area contributed by atoms with E-state index in [1.807, 2.05) is 6.92 Å². The standard InChI is InChI=1S/C5H11ClO3S/c1-3-5(9-2)4-10(6,7)8/h5H,3-4H2,1-2H3/t5-/m1/s1. The molecule has 0 bridgehead atoms. The van der Waals surface area contributed by atoms with E-state index in [-0.39, 0.29) is 11.9 Å². The fourth-order valence-corrected chi connectivity index (χ4v) is 1.81. The van der Waals surface area contributed by atoms with Crippen molar-refractivity contribution >= 4 is 19.7 Å². The molecule has 0 amide bonds. The molecule has 0 rings (SSSR count). The Hall–Kier alpha value is 0.200. The van der Waals surface area contributed by atoms with Gasteiger partial charge in [-0.05, 0) is 6.42 Å². The predicted molar refractivity (Wildman–Crippen MR) is 40.7 cm³/mol. The van der Waals surface area contributed by atoms with Gasteiger partial charge in [0.2, 0.25) is 9.05 Å². The molecule has 0 aliphatic carbocycles. The second-order valence-electron chi connectivity index (χ2n) is 1.97. The van der Waals surface area contributed by atoms with Crippen molar-refractivity contribution < 1.29 is 13.2 Å². The van der Waals surface area contributed by atoms with E-state index in [9.17, 15) is 8.42 Å². The van der Waals surface area contributed by atoms with Crippen LogP contribution in [0.15, 0.2) is 0 Å². The third-order valence-electron chi connectivity index (χ3n) is 1.17. The third-order valence-corrected chi connectivity index (χ3v) is 2.32. The highest BCUT2D eigenvalue weighted by Crippen LogP contribution is 2.04. The molecule has 0 saturated carbocycles. The molecule has 0 fully saturated rings. The van der Waals surface area contributed by atoms with Crippen LogP contribution in [-0.2, 0) is 13.8 Å². The van der Waals surface area contributed by atoms with Crippen LogP contribution in [0.3, 0.4) is 0 Å². The van der Waals surface area contributed by atoms with Gasteiger partial charge in [-0.15, -0.1) is 0 Å². The fourth-order valence-electron chi connectivity index (χ4n) is 0.575. The van der Waals surface area contributed by atoms with E-state index in [4.69, 9.17) is 15.4 Å². The zero-order valence-electron chi connectivity index (χ0n) is 6.00. The lowest BCUT2D eigenvalue weighted by atomic mass is 10.3. The summed E-state index contributed by atoms with van der Waals surface area (Å²) in [5.74, 6) is -0.110.